The zero-order chi connectivity index (χ0) is 14.1. The van der Waals surface area contributed by atoms with Gasteiger partial charge < -0.3 is 15.0 Å². The van der Waals surface area contributed by atoms with Crippen molar-refractivity contribution < 1.29 is 9.53 Å². The predicted octanol–water partition coefficient (Wildman–Crippen LogP) is 2.89. The van der Waals surface area contributed by atoms with E-state index in [1.54, 1.807) is 12.3 Å². The average Bonchev–Trinajstić information content (AvgIpc) is 2.93. The van der Waals surface area contributed by atoms with Gasteiger partial charge in [0.25, 0.3) is 5.91 Å². The van der Waals surface area contributed by atoms with Crippen LogP contribution < -0.4 is 10.1 Å². The van der Waals surface area contributed by atoms with Crippen molar-refractivity contribution in [2.45, 2.75) is 26.3 Å². The first-order chi connectivity index (χ1) is 9.65. The second-order valence-electron chi connectivity index (χ2n) is 5.25. The molecule has 3 rings (SSSR count). The minimum atomic E-state index is -0.0768. The van der Waals surface area contributed by atoms with Crippen LogP contribution in [0.3, 0.4) is 0 Å². The van der Waals surface area contributed by atoms with E-state index in [0.29, 0.717) is 12.3 Å². The lowest BCUT2D eigenvalue weighted by Gasteiger charge is -2.28. The topological polar surface area (TPSA) is 54.1 Å². The van der Waals surface area contributed by atoms with Crippen LogP contribution in [0, 0.1) is 13.8 Å². The van der Waals surface area contributed by atoms with Gasteiger partial charge in [0.15, 0.2) is 0 Å². The van der Waals surface area contributed by atoms with Crippen molar-refractivity contribution in [2.75, 3.05) is 6.61 Å². The summed E-state index contributed by atoms with van der Waals surface area (Å²) in [5.74, 6) is 0.839. The second-order valence-corrected chi connectivity index (χ2v) is 5.25. The molecular weight excluding hydrogens is 252 g/mol. The van der Waals surface area contributed by atoms with Crippen molar-refractivity contribution >= 4 is 5.91 Å². The molecule has 4 nitrogen and oxygen atoms in total. The number of hydrogen-bond acceptors (Lipinski definition) is 2. The van der Waals surface area contributed by atoms with Crippen LogP contribution in [0.2, 0.25) is 0 Å². The Labute approximate surface area is 118 Å². The van der Waals surface area contributed by atoms with Gasteiger partial charge in [-0.15, -0.1) is 0 Å². The van der Waals surface area contributed by atoms with Gasteiger partial charge in [0.2, 0.25) is 0 Å². The van der Waals surface area contributed by atoms with Crippen LogP contribution in [0.4, 0.5) is 0 Å². The molecule has 0 radical (unpaired) electrons. The molecule has 20 heavy (non-hydrogen) atoms. The van der Waals surface area contributed by atoms with Gasteiger partial charge in [-0.1, -0.05) is 17.7 Å². The molecule has 104 valence electrons. The van der Waals surface area contributed by atoms with Crippen LogP contribution in [0.25, 0.3) is 0 Å². The Morgan fingerprint density at radius 2 is 2.25 bits per heavy atom. The molecule has 2 heterocycles. The molecule has 0 aliphatic carbocycles. The van der Waals surface area contributed by atoms with Gasteiger partial charge in [0.05, 0.1) is 12.6 Å². The average molecular weight is 270 g/mol. The standard InChI is InChI=1S/C16H18N2O2/c1-10-8-11(2)15-12(9-10)13(5-7-20-15)18-16(19)14-4-3-6-17-14/h3-4,6,8-9,13,17H,5,7H2,1-2H3,(H,18,19). The number of nitrogens with one attached hydrogen (secondary N) is 2. The predicted molar refractivity (Wildman–Crippen MR) is 77.0 cm³/mol. The minimum absolute atomic E-state index is 0.00755. The molecule has 0 saturated carbocycles. The molecule has 1 amide bonds. The summed E-state index contributed by atoms with van der Waals surface area (Å²) in [5, 5.41) is 3.08. The minimum Gasteiger partial charge on any atom is -0.493 e. The van der Waals surface area contributed by atoms with E-state index in [9.17, 15) is 4.79 Å². The molecule has 1 aromatic carbocycles. The SMILES string of the molecule is Cc1cc(C)c2c(c1)C(NC(=O)c1ccc[nH]1)CCO2. The maximum absolute atomic E-state index is 12.2. The lowest BCUT2D eigenvalue weighted by atomic mass is 9.95. The summed E-state index contributed by atoms with van der Waals surface area (Å²) >= 11 is 0. The molecule has 4 heteroatoms. The van der Waals surface area contributed by atoms with Crippen molar-refractivity contribution in [3.8, 4) is 5.75 Å². The first-order valence-electron chi connectivity index (χ1n) is 6.83. The maximum atomic E-state index is 12.2. The van der Waals surface area contributed by atoms with E-state index in [1.165, 1.54) is 5.56 Å². The summed E-state index contributed by atoms with van der Waals surface area (Å²) < 4.78 is 5.75. The third-order valence-electron chi connectivity index (χ3n) is 3.62. The molecule has 1 atom stereocenters. The quantitative estimate of drug-likeness (QED) is 0.881. The Hall–Kier alpha value is -2.23. The first-order valence-corrected chi connectivity index (χ1v) is 6.83. The van der Waals surface area contributed by atoms with E-state index in [-0.39, 0.29) is 11.9 Å². The van der Waals surface area contributed by atoms with Gasteiger partial charge in [-0.05, 0) is 31.5 Å². The van der Waals surface area contributed by atoms with E-state index in [0.717, 1.165) is 23.3 Å². The number of carbonyl (C=O) groups excluding carboxylic acids is 1. The molecule has 2 N–H and O–H groups in total. The zero-order valence-corrected chi connectivity index (χ0v) is 11.7. The summed E-state index contributed by atoms with van der Waals surface area (Å²) in [7, 11) is 0. The van der Waals surface area contributed by atoms with E-state index in [4.69, 9.17) is 4.74 Å². The highest BCUT2D eigenvalue weighted by Crippen LogP contribution is 2.35. The number of amides is 1. The number of fused-ring (bicyclic) bond motifs is 1. The molecule has 1 aliphatic rings. The monoisotopic (exact) mass is 270 g/mol. The first kappa shape index (κ1) is 12.8. The van der Waals surface area contributed by atoms with Gasteiger partial charge in [-0.25, -0.2) is 0 Å². The Balaban J connectivity index is 1.88. The molecule has 1 aliphatic heterocycles. The fraction of sp³-hybridized carbons (Fsp3) is 0.312. The summed E-state index contributed by atoms with van der Waals surface area (Å²) in [6, 6.07) is 7.81. The molecule has 0 saturated heterocycles. The highest BCUT2D eigenvalue weighted by Gasteiger charge is 2.25. The van der Waals surface area contributed by atoms with Crippen LogP contribution in [-0.2, 0) is 0 Å². The van der Waals surface area contributed by atoms with Crippen LogP contribution in [0.15, 0.2) is 30.5 Å². The third kappa shape index (κ3) is 2.29. The number of benzene rings is 1. The molecular formula is C16H18N2O2. The number of aryl methyl sites for hydroxylation is 2. The molecule has 2 aromatic rings. The number of carbonyl (C=O) groups is 1. The molecule has 0 spiro atoms. The lowest BCUT2D eigenvalue weighted by Crippen LogP contribution is -2.32. The van der Waals surface area contributed by atoms with Crippen molar-refractivity contribution in [1.82, 2.24) is 10.3 Å². The highest BCUT2D eigenvalue weighted by molar-refractivity contribution is 5.92. The summed E-state index contributed by atoms with van der Waals surface area (Å²) in [4.78, 5) is 15.1. The van der Waals surface area contributed by atoms with E-state index in [2.05, 4.69) is 29.4 Å². The fourth-order valence-electron chi connectivity index (χ4n) is 2.74. The summed E-state index contributed by atoms with van der Waals surface area (Å²) in [5.41, 5.74) is 3.97. The Morgan fingerprint density at radius 3 is 3.00 bits per heavy atom. The van der Waals surface area contributed by atoms with Gasteiger partial charge in [0, 0.05) is 18.2 Å². The summed E-state index contributed by atoms with van der Waals surface area (Å²) in [6.07, 6.45) is 2.55. The highest BCUT2D eigenvalue weighted by atomic mass is 16.5. The molecule has 1 unspecified atom stereocenters. The maximum Gasteiger partial charge on any atom is 0.268 e. The second kappa shape index (κ2) is 5.04. The van der Waals surface area contributed by atoms with Crippen LogP contribution >= 0.6 is 0 Å². The number of aromatic nitrogens is 1. The number of rotatable bonds is 2. The largest absolute Gasteiger partial charge is 0.493 e. The van der Waals surface area contributed by atoms with Gasteiger partial charge >= 0.3 is 0 Å². The van der Waals surface area contributed by atoms with E-state index < -0.39 is 0 Å². The molecule has 1 aromatic heterocycles. The number of hydrogen-bond donors (Lipinski definition) is 2. The van der Waals surface area contributed by atoms with Crippen molar-refractivity contribution in [3.05, 3.63) is 52.8 Å². The summed E-state index contributed by atoms with van der Waals surface area (Å²) in [6.45, 7) is 4.74. The third-order valence-corrected chi connectivity index (χ3v) is 3.62. The van der Waals surface area contributed by atoms with E-state index >= 15 is 0 Å². The van der Waals surface area contributed by atoms with Crippen molar-refractivity contribution in [2.24, 2.45) is 0 Å². The van der Waals surface area contributed by atoms with Crippen molar-refractivity contribution in [1.29, 1.82) is 0 Å². The van der Waals surface area contributed by atoms with Gasteiger partial charge in [-0.3, -0.25) is 4.79 Å². The smallest absolute Gasteiger partial charge is 0.268 e. The Kier molecular flexibility index (Phi) is 3.22. The number of H-pyrrole nitrogens is 1. The number of ether oxygens (including phenoxy) is 1. The van der Waals surface area contributed by atoms with Crippen LogP contribution in [0.5, 0.6) is 5.75 Å². The Bertz CT molecular complexity index is 632. The zero-order valence-electron chi connectivity index (χ0n) is 11.7. The number of aromatic amines is 1. The van der Waals surface area contributed by atoms with Gasteiger partial charge in [-0.2, -0.15) is 0 Å². The Morgan fingerprint density at radius 1 is 1.40 bits per heavy atom. The fourth-order valence-corrected chi connectivity index (χ4v) is 2.74. The van der Waals surface area contributed by atoms with Gasteiger partial charge in [0.1, 0.15) is 11.4 Å². The molecule has 0 bridgehead atoms. The van der Waals surface area contributed by atoms with Crippen LogP contribution in [-0.4, -0.2) is 17.5 Å². The van der Waals surface area contributed by atoms with Crippen LogP contribution in [0.1, 0.15) is 39.6 Å². The normalized spacial score (nSPS) is 17.2. The van der Waals surface area contributed by atoms with Crippen molar-refractivity contribution in [3.63, 3.8) is 0 Å². The lowest BCUT2D eigenvalue weighted by molar-refractivity contribution is 0.0920. The molecule has 0 fully saturated rings. The van der Waals surface area contributed by atoms with E-state index in [1.807, 2.05) is 13.0 Å².